The molecule has 5 nitrogen and oxygen atoms in total. The maximum Gasteiger partial charge on any atom is 0.238 e. The molecule has 0 unspecified atom stereocenters. The second-order valence-electron chi connectivity index (χ2n) is 5.46. The van der Waals surface area contributed by atoms with Gasteiger partial charge in [-0.1, -0.05) is 22.4 Å². The van der Waals surface area contributed by atoms with Crippen LogP contribution in [0.25, 0.3) is 0 Å². The van der Waals surface area contributed by atoms with Gasteiger partial charge in [0.05, 0.1) is 5.33 Å². The first-order valence-electron chi connectivity index (χ1n) is 6.99. The fraction of sp³-hybridized carbons (Fsp3) is 0.846. The molecule has 0 radical (unpaired) electrons. The van der Waals surface area contributed by atoms with E-state index in [1.165, 1.54) is 6.42 Å². The standard InChI is InChI=1S/C13H22BrN3O2/c14-10-11(18)16-8-4-13(5-9-16,12(15)19)17-6-2-1-3-7-17/h1-10H2,(H2,15,19). The summed E-state index contributed by atoms with van der Waals surface area (Å²) in [7, 11) is 0. The molecule has 2 fully saturated rings. The molecule has 19 heavy (non-hydrogen) atoms. The van der Waals surface area contributed by atoms with Crippen molar-refractivity contribution in [2.24, 2.45) is 5.73 Å². The molecule has 0 aromatic carbocycles. The number of likely N-dealkylation sites (tertiary alicyclic amines) is 2. The van der Waals surface area contributed by atoms with Crippen molar-refractivity contribution in [3.8, 4) is 0 Å². The van der Waals surface area contributed by atoms with Gasteiger partial charge in [-0.2, -0.15) is 0 Å². The van der Waals surface area contributed by atoms with Gasteiger partial charge in [-0.25, -0.2) is 0 Å². The summed E-state index contributed by atoms with van der Waals surface area (Å²) in [5.74, 6) is -0.128. The van der Waals surface area contributed by atoms with E-state index < -0.39 is 5.54 Å². The summed E-state index contributed by atoms with van der Waals surface area (Å²) in [6, 6.07) is 0. The number of hydrogen-bond acceptors (Lipinski definition) is 3. The van der Waals surface area contributed by atoms with Crippen LogP contribution in [-0.4, -0.2) is 58.7 Å². The SMILES string of the molecule is NC(=O)C1(N2CCCCC2)CCN(C(=O)CBr)CC1. The number of primary amides is 1. The van der Waals surface area contributed by atoms with Gasteiger partial charge < -0.3 is 10.6 Å². The summed E-state index contributed by atoms with van der Waals surface area (Å²) in [6.07, 6.45) is 4.85. The van der Waals surface area contributed by atoms with Gasteiger partial charge in [0.25, 0.3) is 0 Å². The number of carbonyl (C=O) groups is 2. The molecular weight excluding hydrogens is 310 g/mol. The van der Waals surface area contributed by atoms with Crippen molar-refractivity contribution in [2.45, 2.75) is 37.6 Å². The molecule has 2 N–H and O–H groups in total. The molecule has 0 aromatic rings. The van der Waals surface area contributed by atoms with Gasteiger partial charge in [-0.3, -0.25) is 14.5 Å². The lowest BCUT2D eigenvalue weighted by atomic mass is 9.83. The van der Waals surface area contributed by atoms with Gasteiger partial charge in [0.2, 0.25) is 11.8 Å². The highest BCUT2D eigenvalue weighted by Crippen LogP contribution is 2.31. The molecule has 2 amide bonds. The second kappa shape index (κ2) is 6.22. The molecular formula is C13H22BrN3O2. The molecule has 2 aliphatic heterocycles. The monoisotopic (exact) mass is 331 g/mol. The zero-order chi connectivity index (χ0) is 13.9. The van der Waals surface area contributed by atoms with Crippen LogP contribution in [0, 0.1) is 0 Å². The average molecular weight is 332 g/mol. The highest BCUT2D eigenvalue weighted by atomic mass is 79.9. The van der Waals surface area contributed by atoms with Crippen LogP contribution >= 0.6 is 15.9 Å². The Hall–Kier alpha value is -0.620. The third-order valence-electron chi connectivity index (χ3n) is 4.48. The van der Waals surface area contributed by atoms with Crippen molar-refractivity contribution in [3.63, 3.8) is 0 Å². The van der Waals surface area contributed by atoms with Crippen LogP contribution in [-0.2, 0) is 9.59 Å². The Morgan fingerprint density at radius 1 is 1.05 bits per heavy atom. The average Bonchev–Trinajstić information content (AvgIpc) is 2.47. The van der Waals surface area contributed by atoms with E-state index >= 15 is 0 Å². The fourth-order valence-corrected chi connectivity index (χ4v) is 3.61. The van der Waals surface area contributed by atoms with E-state index in [-0.39, 0.29) is 11.8 Å². The molecule has 0 spiro atoms. The minimum Gasteiger partial charge on any atom is -0.368 e. The summed E-state index contributed by atoms with van der Waals surface area (Å²) in [5.41, 5.74) is 5.17. The third-order valence-corrected chi connectivity index (χ3v) is 4.96. The first kappa shape index (κ1) is 14.8. The van der Waals surface area contributed by atoms with Crippen LogP contribution < -0.4 is 5.73 Å². The van der Waals surface area contributed by atoms with E-state index in [1.807, 2.05) is 4.90 Å². The minimum atomic E-state index is -0.524. The van der Waals surface area contributed by atoms with Gasteiger partial charge in [0, 0.05) is 13.1 Å². The lowest BCUT2D eigenvalue weighted by Gasteiger charge is -2.48. The number of nitrogens with zero attached hydrogens (tertiary/aromatic N) is 2. The number of rotatable bonds is 3. The Morgan fingerprint density at radius 3 is 2.11 bits per heavy atom. The molecule has 2 rings (SSSR count). The van der Waals surface area contributed by atoms with Gasteiger partial charge in [-0.05, 0) is 38.8 Å². The van der Waals surface area contributed by atoms with E-state index in [2.05, 4.69) is 20.8 Å². The van der Waals surface area contributed by atoms with E-state index in [0.29, 0.717) is 31.3 Å². The van der Waals surface area contributed by atoms with Crippen molar-refractivity contribution in [2.75, 3.05) is 31.5 Å². The van der Waals surface area contributed by atoms with Crippen LogP contribution in [0.1, 0.15) is 32.1 Å². The number of nitrogens with two attached hydrogens (primary N) is 1. The number of hydrogen-bond donors (Lipinski definition) is 1. The van der Waals surface area contributed by atoms with Crippen LogP contribution in [0.2, 0.25) is 0 Å². The predicted octanol–water partition coefficient (Wildman–Crippen LogP) is 0.714. The van der Waals surface area contributed by atoms with Crippen molar-refractivity contribution in [3.05, 3.63) is 0 Å². The molecule has 0 aromatic heterocycles. The van der Waals surface area contributed by atoms with Crippen molar-refractivity contribution < 1.29 is 9.59 Å². The zero-order valence-corrected chi connectivity index (χ0v) is 12.8. The highest BCUT2D eigenvalue weighted by molar-refractivity contribution is 9.09. The summed E-state index contributed by atoms with van der Waals surface area (Å²) in [4.78, 5) is 27.7. The van der Waals surface area contributed by atoms with Crippen LogP contribution in [0.15, 0.2) is 0 Å². The van der Waals surface area contributed by atoms with Gasteiger partial charge in [0.1, 0.15) is 5.54 Å². The van der Waals surface area contributed by atoms with Crippen molar-refractivity contribution >= 4 is 27.7 Å². The normalized spacial score (nSPS) is 24.2. The van der Waals surface area contributed by atoms with Crippen LogP contribution in [0.3, 0.4) is 0 Å². The number of amides is 2. The molecule has 0 bridgehead atoms. The first-order valence-corrected chi connectivity index (χ1v) is 8.11. The molecule has 2 heterocycles. The van der Waals surface area contributed by atoms with Crippen molar-refractivity contribution in [1.29, 1.82) is 0 Å². The molecule has 108 valence electrons. The smallest absolute Gasteiger partial charge is 0.238 e. The summed E-state index contributed by atoms with van der Waals surface area (Å²) in [6.45, 7) is 3.17. The lowest BCUT2D eigenvalue weighted by molar-refractivity contribution is -0.140. The van der Waals surface area contributed by atoms with Crippen molar-refractivity contribution in [1.82, 2.24) is 9.80 Å². The Bertz CT molecular complexity index is 348. The van der Waals surface area contributed by atoms with E-state index in [1.54, 1.807) is 0 Å². The largest absolute Gasteiger partial charge is 0.368 e. The fourth-order valence-electron chi connectivity index (χ4n) is 3.25. The number of carbonyl (C=O) groups excluding carboxylic acids is 2. The molecule has 0 aliphatic carbocycles. The molecule has 0 saturated carbocycles. The molecule has 2 aliphatic rings. The van der Waals surface area contributed by atoms with E-state index in [0.717, 1.165) is 25.9 Å². The maximum atomic E-state index is 12.0. The molecule has 0 atom stereocenters. The third kappa shape index (κ3) is 2.94. The number of alkyl halides is 1. The summed E-state index contributed by atoms with van der Waals surface area (Å²) in [5, 5.41) is 0.348. The van der Waals surface area contributed by atoms with E-state index in [9.17, 15) is 9.59 Å². The summed E-state index contributed by atoms with van der Waals surface area (Å²) >= 11 is 3.19. The lowest BCUT2D eigenvalue weighted by Crippen LogP contribution is -2.63. The van der Waals surface area contributed by atoms with Gasteiger partial charge in [0.15, 0.2) is 0 Å². The van der Waals surface area contributed by atoms with Gasteiger partial charge >= 0.3 is 0 Å². The first-order chi connectivity index (χ1) is 9.10. The summed E-state index contributed by atoms with van der Waals surface area (Å²) < 4.78 is 0. The van der Waals surface area contributed by atoms with Gasteiger partial charge in [-0.15, -0.1) is 0 Å². The molecule has 2 saturated heterocycles. The highest BCUT2D eigenvalue weighted by Gasteiger charge is 2.45. The number of piperidine rings is 2. The quantitative estimate of drug-likeness (QED) is 0.774. The maximum absolute atomic E-state index is 12.0. The second-order valence-corrected chi connectivity index (χ2v) is 6.02. The Kier molecular flexibility index (Phi) is 4.84. The topological polar surface area (TPSA) is 66.6 Å². The Balaban J connectivity index is 2.06. The van der Waals surface area contributed by atoms with E-state index in [4.69, 9.17) is 5.73 Å². The minimum absolute atomic E-state index is 0.0942. The Labute approximate surface area is 122 Å². The van der Waals surface area contributed by atoms with Crippen LogP contribution in [0.4, 0.5) is 0 Å². The number of halogens is 1. The Morgan fingerprint density at radius 2 is 1.63 bits per heavy atom. The molecule has 6 heteroatoms. The zero-order valence-electron chi connectivity index (χ0n) is 11.2. The van der Waals surface area contributed by atoms with Crippen LogP contribution in [0.5, 0.6) is 0 Å². The predicted molar refractivity (Wildman–Crippen MR) is 77.0 cm³/mol.